The number of nitrogens with zero attached hydrogens (tertiary/aromatic N) is 1. The summed E-state index contributed by atoms with van der Waals surface area (Å²) in [7, 11) is 0. The van der Waals surface area contributed by atoms with Crippen molar-refractivity contribution in [1.29, 1.82) is 0 Å². The van der Waals surface area contributed by atoms with Gasteiger partial charge in [0.05, 0.1) is 5.56 Å². The van der Waals surface area contributed by atoms with E-state index < -0.39 is 11.7 Å². The van der Waals surface area contributed by atoms with Crippen molar-refractivity contribution in [3.63, 3.8) is 0 Å². The highest BCUT2D eigenvalue weighted by atomic mass is 19.4. The van der Waals surface area contributed by atoms with Crippen LogP contribution in [-0.4, -0.2) is 36.0 Å². The molecule has 3 nitrogen and oxygen atoms in total. The number of benzene rings is 1. The van der Waals surface area contributed by atoms with Crippen LogP contribution < -0.4 is 5.32 Å². The van der Waals surface area contributed by atoms with Crippen molar-refractivity contribution in [3.8, 4) is 0 Å². The van der Waals surface area contributed by atoms with Gasteiger partial charge in [-0.05, 0) is 38.1 Å². The number of alkyl halides is 3. The third-order valence-electron chi connectivity index (χ3n) is 3.32. The molecule has 2 rings (SSSR count). The van der Waals surface area contributed by atoms with Crippen molar-refractivity contribution < 1.29 is 18.0 Å². The fourth-order valence-corrected chi connectivity index (χ4v) is 2.30. The van der Waals surface area contributed by atoms with E-state index in [4.69, 9.17) is 0 Å². The van der Waals surface area contributed by atoms with Gasteiger partial charge in [-0.1, -0.05) is 0 Å². The van der Waals surface area contributed by atoms with Crippen LogP contribution in [0.15, 0.2) is 24.3 Å². The summed E-state index contributed by atoms with van der Waals surface area (Å²) in [6, 6.07) is 4.36. The van der Waals surface area contributed by atoms with Crippen molar-refractivity contribution in [1.82, 2.24) is 10.2 Å². The number of carbonyl (C=O) groups excluding carboxylic acids is 1. The summed E-state index contributed by atoms with van der Waals surface area (Å²) in [4.78, 5) is 13.9. The van der Waals surface area contributed by atoms with Crippen LogP contribution in [0, 0.1) is 0 Å². The highest BCUT2D eigenvalue weighted by Gasteiger charge is 2.32. The van der Waals surface area contributed by atoms with E-state index in [2.05, 4.69) is 5.32 Å². The van der Waals surface area contributed by atoms with Gasteiger partial charge >= 0.3 is 6.18 Å². The van der Waals surface area contributed by atoms with Gasteiger partial charge in [0.15, 0.2) is 0 Å². The van der Waals surface area contributed by atoms with E-state index in [1.54, 1.807) is 4.90 Å². The Morgan fingerprint density at radius 2 is 1.85 bits per heavy atom. The molecule has 0 aliphatic carbocycles. The van der Waals surface area contributed by atoms with Crippen LogP contribution in [0.1, 0.15) is 29.8 Å². The van der Waals surface area contributed by atoms with Crippen molar-refractivity contribution >= 4 is 5.91 Å². The molecular weight excluding hydrogens is 269 g/mol. The molecule has 1 aromatic rings. The van der Waals surface area contributed by atoms with Gasteiger partial charge in [-0.25, -0.2) is 0 Å². The summed E-state index contributed by atoms with van der Waals surface area (Å²) in [5.41, 5.74) is -0.634. The van der Waals surface area contributed by atoms with E-state index in [0.717, 1.165) is 12.1 Å². The Labute approximate surface area is 115 Å². The van der Waals surface area contributed by atoms with Gasteiger partial charge in [-0.2, -0.15) is 13.2 Å². The average molecular weight is 286 g/mol. The van der Waals surface area contributed by atoms with Crippen LogP contribution in [0.5, 0.6) is 0 Å². The number of piperazine rings is 1. The monoisotopic (exact) mass is 286 g/mol. The predicted molar refractivity (Wildman–Crippen MR) is 69.4 cm³/mol. The first-order valence-corrected chi connectivity index (χ1v) is 6.41. The number of hydrogen-bond donors (Lipinski definition) is 1. The molecule has 1 saturated heterocycles. The first-order valence-electron chi connectivity index (χ1n) is 6.41. The second-order valence-corrected chi connectivity index (χ2v) is 5.61. The number of rotatable bonds is 1. The Balaban J connectivity index is 2.13. The molecule has 0 atom stereocenters. The highest BCUT2D eigenvalue weighted by Crippen LogP contribution is 2.29. The smallest absolute Gasteiger partial charge is 0.336 e. The first-order chi connectivity index (χ1) is 9.19. The topological polar surface area (TPSA) is 32.3 Å². The standard InChI is InChI=1S/C14H17F3N2O/c1-13(2)9-19(8-7-18-13)12(20)10-3-5-11(6-4-10)14(15,16)17/h3-6,18H,7-9H2,1-2H3. The summed E-state index contributed by atoms with van der Waals surface area (Å²) >= 11 is 0. The summed E-state index contributed by atoms with van der Waals surface area (Å²) in [5, 5.41) is 3.28. The lowest BCUT2D eigenvalue weighted by Gasteiger charge is -2.39. The average Bonchev–Trinajstić information content (AvgIpc) is 2.36. The maximum Gasteiger partial charge on any atom is 0.416 e. The van der Waals surface area contributed by atoms with E-state index >= 15 is 0 Å². The molecule has 1 fully saturated rings. The molecule has 1 aromatic carbocycles. The van der Waals surface area contributed by atoms with Gasteiger partial charge in [-0.3, -0.25) is 4.79 Å². The molecule has 0 radical (unpaired) electrons. The zero-order valence-electron chi connectivity index (χ0n) is 11.4. The second kappa shape index (κ2) is 5.09. The minimum Gasteiger partial charge on any atom is -0.336 e. The molecule has 1 N–H and O–H groups in total. The van der Waals surface area contributed by atoms with Crippen LogP contribution in [-0.2, 0) is 6.18 Å². The molecular formula is C14H17F3N2O. The van der Waals surface area contributed by atoms with Crippen molar-refractivity contribution in [2.45, 2.75) is 25.6 Å². The number of carbonyl (C=O) groups is 1. The van der Waals surface area contributed by atoms with E-state index in [1.807, 2.05) is 13.8 Å². The zero-order chi connectivity index (χ0) is 15.0. The lowest BCUT2D eigenvalue weighted by molar-refractivity contribution is -0.137. The fraction of sp³-hybridized carbons (Fsp3) is 0.500. The van der Waals surface area contributed by atoms with Gasteiger partial charge in [0.1, 0.15) is 0 Å². The largest absolute Gasteiger partial charge is 0.416 e. The summed E-state index contributed by atoms with van der Waals surface area (Å²) in [6.45, 7) is 5.74. The van der Waals surface area contributed by atoms with E-state index in [-0.39, 0.29) is 17.0 Å². The lowest BCUT2D eigenvalue weighted by Crippen LogP contribution is -2.58. The Hall–Kier alpha value is -1.56. The molecule has 110 valence electrons. The number of nitrogens with one attached hydrogen (secondary N) is 1. The normalized spacial score (nSPS) is 18.9. The van der Waals surface area contributed by atoms with Crippen LogP contribution >= 0.6 is 0 Å². The maximum atomic E-state index is 12.5. The van der Waals surface area contributed by atoms with E-state index in [0.29, 0.717) is 19.6 Å². The SMILES string of the molecule is CC1(C)CN(C(=O)c2ccc(C(F)(F)F)cc2)CCN1. The molecule has 6 heteroatoms. The van der Waals surface area contributed by atoms with Crippen LogP contribution in [0.2, 0.25) is 0 Å². The van der Waals surface area contributed by atoms with E-state index in [1.165, 1.54) is 12.1 Å². The van der Waals surface area contributed by atoms with Gasteiger partial charge in [0.25, 0.3) is 5.91 Å². The summed E-state index contributed by atoms with van der Waals surface area (Å²) < 4.78 is 37.4. The molecule has 1 heterocycles. The molecule has 0 unspecified atom stereocenters. The Morgan fingerprint density at radius 3 is 2.35 bits per heavy atom. The molecule has 20 heavy (non-hydrogen) atoms. The van der Waals surface area contributed by atoms with Gasteiger partial charge in [0, 0.05) is 30.7 Å². The van der Waals surface area contributed by atoms with Crippen LogP contribution in [0.25, 0.3) is 0 Å². The molecule has 1 aliphatic heterocycles. The van der Waals surface area contributed by atoms with Crippen LogP contribution in [0.3, 0.4) is 0 Å². The molecule has 0 saturated carbocycles. The number of amides is 1. The quantitative estimate of drug-likeness (QED) is 0.860. The molecule has 1 aliphatic rings. The zero-order valence-corrected chi connectivity index (χ0v) is 11.4. The molecule has 1 amide bonds. The third-order valence-corrected chi connectivity index (χ3v) is 3.32. The second-order valence-electron chi connectivity index (χ2n) is 5.61. The van der Waals surface area contributed by atoms with Crippen molar-refractivity contribution in [2.24, 2.45) is 0 Å². The van der Waals surface area contributed by atoms with Crippen LogP contribution in [0.4, 0.5) is 13.2 Å². The van der Waals surface area contributed by atoms with E-state index in [9.17, 15) is 18.0 Å². The fourth-order valence-electron chi connectivity index (χ4n) is 2.30. The van der Waals surface area contributed by atoms with Gasteiger partial charge in [-0.15, -0.1) is 0 Å². The van der Waals surface area contributed by atoms with Gasteiger partial charge in [0.2, 0.25) is 0 Å². The summed E-state index contributed by atoms with van der Waals surface area (Å²) in [6.07, 6.45) is -4.38. The van der Waals surface area contributed by atoms with Gasteiger partial charge < -0.3 is 10.2 Å². The minimum absolute atomic E-state index is 0.181. The highest BCUT2D eigenvalue weighted by molar-refractivity contribution is 5.94. The Bertz CT molecular complexity index is 494. The number of hydrogen-bond acceptors (Lipinski definition) is 2. The Kier molecular flexibility index (Phi) is 3.77. The molecule has 0 aromatic heterocycles. The Morgan fingerprint density at radius 1 is 1.25 bits per heavy atom. The minimum atomic E-state index is -4.38. The predicted octanol–water partition coefficient (Wildman–Crippen LogP) is 2.53. The number of halogens is 3. The van der Waals surface area contributed by atoms with Crippen molar-refractivity contribution in [3.05, 3.63) is 35.4 Å². The molecule has 0 bridgehead atoms. The van der Waals surface area contributed by atoms with Crippen molar-refractivity contribution in [2.75, 3.05) is 19.6 Å². The third kappa shape index (κ3) is 3.30. The first kappa shape index (κ1) is 14.8. The summed E-state index contributed by atoms with van der Waals surface area (Å²) in [5.74, 6) is -0.228. The molecule has 0 spiro atoms. The maximum absolute atomic E-state index is 12.5. The lowest BCUT2D eigenvalue weighted by atomic mass is 10.0.